The molecular formula is C18H19. The summed E-state index contributed by atoms with van der Waals surface area (Å²) in [6.45, 7) is 8.62. The molecule has 2 aromatic carbocycles. The Morgan fingerprint density at radius 1 is 0.944 bits per heavy atom. The zero-order valence-corrected chi connectivity index (χ0v) is 11.1. The quantitative estimate of drug-likeness (QED) is 0.711. The van der Waals surface area contributed by atoms with Crippen molar-refractivity contribution in [2.75, 3.05) is 0 Å². The Labute approximate surface area is 110 Å². The van der Waals surface area contributed by atoms with Crippen LogP contribution >= 0.6 is 0 Å². The summed E-state index contributed by atoms with van der Waals surface area (Å²) in [5.41, 5.74) is 3.56. The molecule has 0 fully saturated rings. The van der Waals surface area contributed by atoms with E-state index in [1.165, 1.54) is 16.7 Å². The zero-order valence-electron chi connectivity index (χ0n) is 11.1. The standard InChI is InChI=1S/C18H19/c1-15(16-10-6-4-7-11-16)14-18(2,3)17-12-8-5-9-13-17/h4-14H,2H2,1,3H3. The van der Waals surface area contributed by atoms with Gasteiger partial charge < -0.3 is 0 Å². The van der Waals surface area contributed by atoms with E-state index in [0.29, 0.717) is 0 Å². The van der Waals surface area contributed by atoms with E-state index in [4.69, 9.17) is 0 Å². The third kappa shape index (κ3) is 2.89. The van der Waals surface area contributed by atoms with Crippen LogP contribution in [0.4, 0.5) is 0 Å². The molecule has 0 amide bonds. The average Bonchev–Trinajstić information content (AvgIpc) is 2.40. The van der Waals surface area contributed by atoms with Gasteiger partial charge in [-0.05, 0) is 30.5 Å². The van der Waals surface area contributed by atoms with E-state index < -0.39 is 0 Å². The first-order valence-corrected chi connectivity index (χ1v) is 6.25. The maximum absolute atomic E-state index is 4.33. The second-order valence-corrected chi connectivity index (χ2v) is 4.98. The third-order valence-corrected chi connectivity index (χ3v) is 3.20. The second kappa shape index (κ2) is 5.22. The highest BCUT2D eigenvalue weighted by molar-refractivity contribution is 5.65. The van der Waals surface area contributed by atoms with Crippen LogP contribution in [-0.2, 0) is 5.41 Å². The van der Waals surface area contributed by atoms with Gasteiger partial charge in [-0.3, -0.25) is 0 Å². The lowest BCUT2D eigenvalue weighted by molar-refractivity contribution is 0.754. The molecule has 0 nitrogen and oxygen atoms in total. The molecular weight excluding hydrogens is 216 g/mol. The molecule has 91 valence electrons. The minimum atomic E-state index is -0.193. The van der Waals surface area contributed by atoms with Crippen molar-refractivity contribution in [1.29, 1.82) is 0 Å². The van der Waals surface area contributed by atoms with Crippen molar-refractivity contribution < 1.29 is 0 Å². The van der Waals surface area contributed by atoms with Gasteiger partial charge in [0, 0.05) is 5.41 Å². The van der Waals surface area contributed by atoms with E-state index >= 15 is 0 Å². The van der Waals surface area contributed by atoms with Crippen molar-refractivity contribution >= 4 is 5.57 Å². The first kappa shape index (κ1) is 12.6. The fourth-order valence-electron chi connectivity index (χ4n) is 2.16. The molecule has 0 aliphatic carbocycles. The summed E-state index contributed by atoms with van der Waals surface area (Å²) in [7, 11) is 0. The van der Waals surface area contributed by atoms with Gasteiger partial charge in [0.1, 0.15) is 0 Å². The topological polar surface area (TPSA) is 0 Å². The lowest BCUT2D eigenvalue weighted by atomic mass is 9.82. The predicted octanol–water partition coefficient (Wildman–Crippen LogP) is 4.88. The first-order chi connectivity index (χ1) is 8.59. The van der Waals surface area contributed by atoms with Crippen LogP contribution in [0, 0.1) is 6.92 Å². The molecule has 0 aromatic heterocycles. The Kier molecular flexibility index (Phi) is 3.66. The molecule has 1 unspecified atom stereocenters. The van der Waals surface area contributed by atoms with E-state index in [9.17, 15) is 0 Å². The van der Waals surface area contributed by atoms with E-state index in [1.807, 2.05) is 12.1 Å². The summed E-state index contributed by atoms with van der Waals surface area (Å²) in [5, 5.41) is 0. The van der Waals surface area contributed by atoms with Crippen molar-refractivity contribution in [1.82, 2.24) is 0 Å². The second-order valence-electron chi connectivity index (χ2n) is 4.98. The molecule has 0 bridgehead atoms. The summed E-state index contributed by atoms with van der Waals surface area (Å²) >= 11 is 0. The van der Waals surface area contributed by atoms with E-state index in [1.54, 1.807) is 0 Å². The fraction of sp³-hybridized carbons (Fsp3) is 0.167. The molecule has 2 aromatic rings. The molecule has 0 saturated heterocycles. The van der Waals surface area contributed by atoms with Gasteiger partial charge in [0.05, 0.1) is 0 Å². The molecule has 1 radical (unpaired) electrons. The molecule has 1 atom stereocenters. The largest absolute Gasteiger partial charge is 0.0707 e. The zero-order chi connectivity index (χ0) is 13.0. The Bertz CT molecular complexity index is 518. The summed E-state index contributed by atoms with van der Waals surface area (Å²) in [6.07, 6.45) is 2.23. The van der Waals surface area contributed by atoms with Crippen molar-refractivity contribution in [2.24, 2.45) is 0 Å². The highest BCUT2D eigenvalue weighted by Crippen LogP contribution is 2.28. The molecule has 0 heterocycles. The van der Waals surface area contributed by atoms with E-state index in [2.05, 4.69) is 75.4 Å². The van der Waals surface area contributed by atoms with Gasteiger partial charge in [0.15, 0.2) is 0 Å². The van der Waals surface area contributed by atoms with Crippen LogP contribution in [0.3, 0.4) is 0 Å². The van der Waals surface area contributed by atoms with Crippen LogP contribution < -0.4 is 0 Å². The minimum Gasteiger partial charge on any atom is -0.0707 e. The van der Waals surface area contributed by atoms with Gasteiger partial charge in [-0.2, -0.15) is 0 Å². The molecule has 0 saturated carbocycles. The number of rotatable bonds is 3. The molecule has 0 heteroatoms. The van der Waals surface area contributed by atoms with Gasteiger partial charge in [-0.1, -0.05) is 73.7 Å². The van der Waals surface area contributed by atoms with Gasteiger partial charge in [-0.25, -0.2) is 0 Å². The molecule has 0 spiro atoms. The number of hydrogen-bond donors (Lipinski definition) is 0. The molecule has 2 rings (SSSR count). The van der Waals surface area contributed by atoms with Gasteiger partial charge in [-0.15, -0.1) is 0 Å². The summed E-state index contributed by atoms with van der Waals surface area (Å²) < 4.78 is 0. The minimum absolute atomic E-state index is 0.193. The van der Waals surface area contributed by atoms with Crippen molar-refractivity contribution in [2.45, 2.75) is 19.3 Å². The molecule has 0 aliphatic rings. The average molecular weight is 235 g/mol. The molecule has 0 N–H and O–H groups in total. The van der Waals surface area contributed by atoms with Gasteiger partial charge in [0.2, 0.25) is 0 Å². The Morgan fingerprint density at radius 2 is 1.44 bits per heavy atom. The van der Waals surface area contributed by atoms with Crippen LogP contribution in [0.5, 0.6) is 0 Å². The Balaban J connectivity index is 2.32. The van der Waals surface area contributed by atoms with Crippen molar-refractivity contribution in [3.8, 4) is 0 Å². The summed E-state index contributed by atoms with van der Waals surface area (Å²) in [4.78, 5) is 0. The fourth-order valence-corrected chi connectivity index (χ4v) is 2.16. The highest BCUT2D eigenvalue weighted by Gasteiger charge is 2.17. The van der Waals surface area contributed by atoms with Crippen LogP contribution in [0.1, 0.15) is 25.0 Å². The van der Waals surface area contributed by atoms with Gasteiger partial charge in [0.25, 0.3) is 0 Å². The van der Waals surface area contributed by atoms with E-state index in [0.717, 1.165) is 0 Å². The van der Waals surface area contributed by atoms with Gasteiger partial charge >= 0.3 is 0 Å². The summed E-state index contributed by atoms with van der Waals surface area (Å²) in [5.74, 6) is 0. The smallest absolute Gasteiger partial charge is 0.0110 e. The number of hydrogen-bond acceptors (Lipinski definition) is 0. The van der Waals surface area contributed by atoms with Crippen LogP contribution in [-0.4, -0.2) is 0 Å². The lowest BCUT2D eigenvalue weighted by Gasteiger charge is -2.22. The normalized spacial score (nSPS) is 12.5. The van der Waals surface area contributed by atoms with E-state index in [-0.39, 0.29) is 5.41 Å². The molecule has 0 aliphatic heterocycles. The first-order valence-electron chi connectivity index (χ1n) is 6.25. The highest BCUT2D eigenvalue weighted by atomic mass is 14.2. The van der Waals surface area contributed by atoms with Crippen LogP contribution in [0.2, 0.25) is 0 Å². The number of allylic oxidation sites excluding steroid dienone is 2. The SMILES string of the molecule is [CH2]C(C)(C=C(C)c1ccccc1)c1ccccc1. The lowest BCUT2D eigenvalue weighted by Crippen LogP contribution is -2.14. The Morgan fingerprint density at radius 3 is 2.00 bits per heavy atom. The maximum Gasteiger partial charge on any atom is 0.0110 e. The van der Waals surface area contributed by atoms with Crippen molar-refractivity contribution in [3.63, 3.8) is 0 Å². The maximum atomic E-state index is 4.33. The number of benzene rings is 2. The van der Waals surface area contributed by atoms with Crippen LogP contribution in [0.15, 0.2) is 66.7 Å². The predicted molar refractivity (Wildman–Crippen MR) is 79.2 cm³/mol. The molecule has 18 heavy (non-hydrogen) atoms. The van der Waals surface area contributed by atoms with Crippen molar-refractivity contribution in [3.05, 3.63) is 84.8 Å². The Hall–Kier alpha value is -1.82. The monoisotopic (exact) mass is 235 g/mol. The third-order valence-electron chi connectivity index (χ3n) is 3.20. The summed E-state index contributed by atoms with van der Waals surface area (Å²) in [6, 6.07) is 20.8. The van der Waals surface area contributed by atoms with Crippen LogP contribution in [0.25, 0.3) is 5.57 Å².